The van der Waals surface area contributed by atoms with Gasteiger partial charge in [-0.3, -0.25) is 0 Å². The van der Waals surface area contributed by atoms with Crippen LogP contribution in [0.1, 0.15) is 17.6 Å². The maximum absolute atomic E-state index is 12.1. The molecule has 1 nitrogen and oxygen atoms in total. The van der Waals surface area contributed by atoms with Crippen molar-refractivity contribution < 1.29 is 8.78 Å². The summed E-state index contributed by atoms with van der Waals surface area (Å²) in [6.45, 7) is 1.62. The van der Waals surface area contributed by atoms with Crippen molar-refractivity contribution in [1.29, 1.82) is 0 Å². The highest BCUT2D eigenvalue weighted by atomic mass is 19.3. The van der Waals surface area contributed by atoms with Gasteiger partial charge < -0.3 is 5.73 Å². The van der Waals surface area contributed by atoms with E-state index in [1.54, 1.807) is 13.0 Å². The normalized spacial score (nSPS) is 10.5. The summed E-state index contributed by atoms with van der Waals surface area (Å²) in [5, 5.41) is 0. The summed E-state index contributed by atoms with van der Waals surface area (Å²) < 4.78 is 24.2. The molecule has 0 heterocycles. The zero-order chi connectivity index (χ0) is 8.43. The SMILES string of the molecule is Cc1cc(N)ccc1C(F)F. The topological polar surface area (TPSA) is 26.0 Å². The third kappa shape index (κ3) is 1.67. The average molecular weight is 157 g/mol. The summed E-state index contributed by atoms with van der Waals surface area (Å²) in [5.41, 5.74) is 6.50. The van der Waals surface area contributed by atoms with Crippen LogP contribution in [0.15, 0.2) is 18.2 Å². The lowest BCUT2D eigenvalue weighted by Gasteiger charge is -2.04. The molecule has 0 bridgehead atoms. The first-order valence-corrected chi connectivity index (χ1v) is 3.25. The molecule has 0 aliphatic carbocycles. The Hall–Kier alpha value is -1.12. The van der Waals surface area contributed by atoms with E-state index in [-0.39, 0.29) is 5.56 Å². The van der Waals surface area contributed by atoms with Crippen LogP contribution in [0.4, 0.5) is 14.5 Å². The second-order valence-corrected chi connectivity index (χ2v) is 2.42. The first-order valence-electron chi connectivity index (χ1n) is 3.25. The van der Waals surface area contributed by atoms with Crippen LogP contribution >= 0.6 is 0 Å². The lowest BCUT2D eigenvalue weighted by atomic mass is 10.1. The highest BCUT2D eigenvalue weighted by Crippen LogP contribution is 2.23. The van der Waals surface area contributed by atoms with E-state index >= 15 is 0 Å². The van der Waals surface area contributed by atoms with E-state index in [1.807, 2.05) is 0 Å². The van der Waals surface area contributed by atoms with Crippen molar-refractivity contribution in [3.63, 3.8) is 0 Å². The molecule has 0 atom stereocenters. The minimum atomic E-state index is -2.41. The van der Waals surface area contributed by atoms with Gasteiger partial charge in [-0.2, -0.15) is 0 Å². The van der Waals surface area contributed by atoms with Crippen LogP contribution in [0.2, 0.25) is 0 Å². The van der Waals surface area contributed by atoms with Crippen LogP contribution in [-0.2, 0) is 0 Å². The van der Waals surface area contributed by atoms with Gasteiger partial charge in [-0.15, -0.1) is 0 Å². The molecule has 0 saturated carbocycles. The number of hydrogen-bond acceptors (Lipinski definition) is 1. The Morgan fingerprint density at radius 1 is 1.36 bits per heavy atom. The van der Waals surface area contributed by atoms with Crippen molar-refractivity contribution >= 4 is 5.69 Å². The number of nitrogens with two attached hydrogens (primary N) is 1. The minimum Gasteiger partial charge on any atom is -0.399 e. The van der Waals surface area contributed by atoms with Crippen LogP contribution in [0, 0.1) is 6.92 Å². The molecule has 0 amide bonds. The summed E-state index contributed by atoms with van der Waals surface area (Å²) in [7, 11) is 0. The molecular weight excluding hydrogens is 148 g/mol. The van der Waals surface area contributed by atoms with Crippen molar-refractivity contribution in [1.82, 2.24) is 0 Å². The molecule has 60 valence electrons. The number of halogens is 2. The molecule has 0 radical (unpaired) electrons. The predicted molar refractivity (Wildman–Crippen MR) is 40.5 cm³/mol. The molecule has 0 fully saturated rings. The molecule has 0 spiro atoms. The van der Waals surface area contributed by atoms with E-state index in [0.29, 0.717) is 11.3 Å². The monoisotopic (exact) mass is 157 g/mol. The van der Waals surface area contributed by atoms with Crippen molar-refractivity contribution in [2.24, 2.45) is 0 Å². The molecule has 1 aromatic rings. The second kappa shape index (κ2) is 2.86. The van der Waals surface area contributed by atoms with Crippen molar-refractivity contribution in [3.8, 4) is 0 Å². The van der Waals surface area contributed by atoms with Crippen molar-refractivity contribution in [3.05, 3.63) is 29.3 Å². The van der Waals surface area contributed by atoms with E-state index in [4.69, 9.17) is 5.73 Å². The Labute approximate surface area is 63.8 Å². The Bertz CT molecular complexity index is 258. The van der Waals surface area contributed by atoms with Crippen LogP contribution in [0.3, 0.4) is 0 Å². The van der Waals surface area contributed by atoms with Gasteiger partial charge in [0.15, 0.2) is 0 Å². The number of anilines is 1. The molecule has 0 aliphatic heterocycles. The minimum absolute atomic E-state index is 0.0548. The molecule has 0 unspecified atom stereocenters. The summed E-state index contributed by atoms with van der Waals surface area (Å²) in [6, 6.07) is 4.38. The summed E-state index contributed by atoms with van der Waals surface area (Å²) in [4.78, 5) is 0. The van der Waals surface area contributed by atoms with Gasteiger partial charge in [-0.1, -0.05) is 6.07 Å². The smallest absolute Gasteiger partial charge is 0.264 e. The maximum Gasteiger partial charge on any atom is 0.264 e. The first kappa shape index (κ1) is 7.98. The number of aryl methyl sites for hydroxylation is 1. The van der Waals surface area contributed by atoms with Crippen LogP contribution < -0.4 is 5.73 Å². The van der Waals surface area contributed by atoms with Crippen LogP contribution in [0.5, 0.6) is 0 Å². The largest absolute Gasteiger partial charge is 0.399 e. The standard InChI is InChI=1S/C8H9F2N/c1-5-4-6(11)2-3-7(5)8(9)10/h2-4,8H,11H2,1H3. The van der Waals surface area contributed by atoms with Gasteiger partial charge in [-0.05, 0) is 24.6 Å². The third-order valence-corrected chi connectivity index (χ3v) is 1.53. The van der Waals surface area contributed by atoms with E-state index in [2.05, 4.69) is 0 Å². The Morgan fingerprint density at radius 3 is 2.45 bits per heavy atom. The fourth-order valence-corrected chi connectivity index (χ4v) is 0.944. The zero-order valence-electron chi connectivity index (χ0n) is 6.14. The summed E-state index contributed by atoms with van der Waals surface area (Å²) in [6.07, 6.45) is -2.41. The van der Waals surface area contributed by atoms with Crippen LogP contribution in [-0.4, -0.2) is 0 Å². The molecule has 0 saturated heterocycles. The van der Waals surface area contributed by atoms with Gasteiger partial charge in [-0.25, -0.2) is 8.78 Å². The van der Waals surface area contributed by atoms with Crippen molar-refractivity contribution in [2.75, 3.05) is 5.73 Å². The molecule has 0 aromatic heterocycles. The second-order valence-electron chi connectivity index (χ2n) is 2.42. The Kier molecular flexibility index (Phi) is 2.08. The quantitative estimate of drug-likeness (QED) is 0.623. The first-order chi connectivity index (χ1) is 5.11. The van der Waals surface area contributed by atoms with Gasteiger partial charge in [0.05, 0.1) is 0 Å². The van der Waals surface area contributed by atoms with Gasteiger partial charge >= 0.3 is 0 Å². The van der Waals surface area contributed by atoms with E-state index in [1.165, 1.54) is 12.1 Å². The summed E-state index contributed by atoms with van der Waals surface area (Å²) in [5.74, 6) is 0. The van der Waals surface area contributed by atoms with Gasteiger partial charge in [0.2, 0.25) is 0 Å². The lowest BCUT2D eigenvalue weighted by molar-refractivity contribution is 0.150. The molecular formula is C8H9F2N. The molecule has 11 heavy (non-hydrogen) atoms. The summed E-state index contributed by atoms with van der Waals surface area (Å²) >= 11 is 0. The van der Waals surface area contributed by atoms with Crippen molar-refractivity contribution in [2.45, 2.75) is 13.3 Å². The zero-order valence-corrected chi connectivity index (χ0v) is 6.14. The molecule has 0 aliphatic rings. The molecule has 1 aromatic carbocycles. The highest BCUT2D eigenvalue weighted by Gasteiger charge is 2.08. The van der Waals surface area contributed by atoms with E-state index in [9.17, 15) is 8.78 Å². The van der Waals surface area contributed by atoms with Gasteiger partial charge in [0.25, 0.3) is 6.43 Å². The molecule has 2 N–H and O–H groups in total. The average Bonchev–Trinajstić information content (AvgIpc) is 1.85. The predicted octanol–water partition coefficient (Wildman–Crippen LogP) is 2.51. The fraction of sp³-hybridized carbons (Fsp3) is 0.250. The lowest BCUT2D eigenvalue weighted by Crippen LogP contribution is -1.91. The Balaban J connectivity index is 3.09. The van der Waals surface area contributed by atoms with Gasteiger partial charge in [0.1, 0.15) is 0 Å². The molecule has 1 rings (SSSR count). The van der Waals surface area contributed by atoms with Crippen LogP contribution in [0.25, 0.3) is 0 Å². The number of rotatable bonds is 1. The molecule has 3 heteroatoms. The number of benzene rings is 1. The number of nitrogen functional groups attached to an aromatic ring is 1. The third-order valence-electron chi connectivity index (χ3n) is 1.53. The van der Waals surface area contributed by atoms with Gasteiger partial charge in [0, 0.05) is 11.3 Å². The fourth-order valence-electron chi connectivity index (χ4n) is 0.944. The maximum atomic E-state index is 12.1. The van der Waals surface area contributed by atoms with E-state index < -0.39 is 6.43 Å². The van der Waals surface area contributed by atoms with E-state index in [0.717, 1.165) is 0 Å². The number of hydrogen-bond donors (Lipinski definition) is 1. The highest BCUT2D eigenvalue weighted by molar-refractivity contribution is 5.44. The number of alkyl halides is 2. The Morgan fingerprint density at radius 2 is 2.00 bits per heavy atom.